The van der Waals surface area contributed by atoms with E-state index >= 15 is 0 Å². The Labute approximate surface area is 98.9 Å². The molecule has 1 saturated heterocycles. The summed E-state index contributed by atoms with van der Waals surface area (Å²) >= 11 is 2.44. The summed E-state index contributed by atoms with van der Waals surface area (Å²) in [6.45, 7) is 8.72. The molecular weight excluding hydrogens is 293 g/mol. The smallest absolute Gasteiger partial charge is 0.231 e. The Morgan fingerprint density at radius 2 is 1.86 bits per heavy atom. The monoisotopic (exact) mass is 311 g/mol. The zero-order chi connectivity index (χ0) is 10.8. The molecule has 0 aromatic heterocycles. The molecule has 1 aliphatic rings. The number of rotatable bonds is 3. The summed E-state index contributed by atoms with van der Waals surface area (Å²) in [6, 6.07) is 0. The fourth-order valence-electron chi connectivity index (χ4n) is 1.66. The van der Waals surface area contributed by atoms with Gasteiger partial charge in [-0.1, -0.05) is 22.6 Å². The Morgan fingerprint density at radius 1 is 1.36 bits per heavy atom. The normalized spacial score (nSPS) is 21.1. The molecule has 0 spiro atoms. The molecule has 0 aliphatic carbocycles. The molecule has 0 saturated carbocycles. The summed E-state index contributed by atoms with van der Waals surface area (Å²) in [5, 5.41) is 0. The molecule has 0 aromatic carbocycles. The third kappa shape index (κ3) is 3.70. The van der Waals surface area contributed by atoms with Gasteiger partial charge < -0.3 is 5.73 Å². The van der Waals surface area contributed by atoms with E-state index in [1.54, 1.807) is 0 Å². The SMILES string of the molecule is CC(C)(I)N1CCN(CC(N)=O)CC1. The molecule has 4 nitrogen and oxygen atoms in total. The van der Waals surface area contributed by atoms with Gasteiger partial charge in [-0.3, -0.25) is 14.6 Å². The van der Waals surface area contributed by atoms with Gasteiger partial charge in [-0.05, 0) is 13.8 Å². The van der Waals surface area contributed by atoms with Gasteiger partial charge in [0.25, 0.3) is 0 Å². The molecule has 0 aromatic rings. The van der Waals surface area contributed by atoms with Crippen molar-refractivity contribution < 1.29 is 4.79 Å². The average molecular weight is 311 g/mol. The predicted octanol–water partition coefficient (Wildman–Crippen LogP) is 0.260. The van der Waals surface area contributed by atoms with Crippen LogP contribution in [-0.2, 0) is 4.79 Å². The van der Waals surface area contributed by atoms with Crippen LogP contribution in [0.3, 0.4) is 0 Å². The third-order valence-electron chi connectivity index (χ3n) is 2.50. The topological polar surface area (TPSA) is 49.6 Å². The second kappa shape index (κ2) is 4.76. The van der Waals surface area contributed by atoms with Crippen molar-refractivity contribution in [1.82, 2.24) is 9.80 Å². The number of hydrogen-bond donors (Lipinski definition) is 1. The molecule has 1 aliphatic heterocycles. The van der Waals surface area contributed by atoms with Crippen molar-refractivity contribution in [2.75, 3.05) is 32.7 Å². The van der Waals surface area contributed by atoms with Gasteiger partial charge in [-0.2, -0.15) is 0 Å². The van der Waals surface area contributed by atoms with Crippen LogP contribution >= 0.6 is 22.6 Å². The maximum Gasteiger partial charge on any atom is 0.231 e. The molecule has 82 valence electrons. The summed E-state index contributed by atoms with van der Waals surface area (Å²) in [6.07, 6.45) is 0. The molecule has 5 heteroatoms. The number of primary amides is 1. The van der Waals surface area contributed by atoms with E-state index in [0.29, 0.717) is 6.54 Å². The van der Waals surface area contributed by atoms with Crippen LogP contribution in [0.4, 0.5) is 0 Å². The van der Waals surface area contributed by atoms with Gasteiger partial charge in [0.15, 0.2) is 0 Å². The largest absolute Gasteiger partial charge is 0.369 e. The lowest BCUT2D eigenvalue weighted by atomic mass is 10.2. The first kappa shape index (κ1) is 12.2. The molecule has 1 rings (SSSR count). The van der Waals surface area contributed by atoms with Crippen molar-refractivity contribution in [2.45, 2.75) is 17.4 Å². The zero-order valence-corrected chi connectivity index (χ0v) is 11.0. The molecule has 1 amide bonds. The fraction of sp³-hybridized carbons (Fsp3) is 0.889. The molecule has 0 atom stereocenters. The molecule has 14 heavy (non-hydrogen) atoms. The van der Waals surface area contributed by atoms with E-state index in [9.17, 15) is 4.79 Å². The molecular formula is C9H18IN3O. The Hall–Kier alpha value is 0.120. The van der Waals surface area contributed by atoms with E-state index in [1.165, 1.54) is 0 Å². The standard InChI is InChI=1S/C9H18IN3O/c1-9(2,10)13-5-3-12(4-6-13)7-8(11)14/h3-7H2,1-2H3,(H2,11,14). The number of alkyl halides is 1. The molecule has 2 N–H and O–H groups in total. The van der Waals surface area contributed by atoms with Crippen molar-refractivity contribution in [1.29, 1.82) is 0 Å². The molecule has 1 fully saturated rings. The number of piperazine rings is 1. The van der Waals surface area contributed by atoms with Crippen LogP contribution in [0.5, 0.6) is 0 Å². The van der Waals surface area contributed by atoms with E-state index < -0.39 is 0 Å². The summed E-state index contributed by atoms with van der Waals surface area (Å²) in [7, 11) is 0. The number of amides is 1. The van der Waals surface area contributed by atoms with Crippen LogP contribution in [0.15, 0.2) is 0 Å². The van der Waals surface area contributed by atoms with Crippen LogP contribution in [-0.4, -0.2) is 52.0 Å². The van der Waals surface area contributed by atoms with E-state index in [4.69, 9.17) is 5.73 Å². The van der Waals surface area contributed by atoms with Crippen LogP contribution in [0.25, 0.3) is 0 Å². The maximum absolute atomic E-state index is 10.7. The second-order valence-electron chi connectivity index (χ2n) is 4.14. The summed E-state index contributed by atoms with van der Waals surface area (Å²) in [5.41, 5.74) is 5.15. The molecule has 0 unspecified atom stereocenters. The van der Waals surface area contributed by atoms with Gasteiger partial charge in [0, 0.05) is 26.2 Å². The van der Waals surface area contributed by atoms with E-state index in [2.05, 4.69) is 46.2 Å². The number of nitrogens with zero attached hydrogens (tertiary/aromatic N) is 2. The van der Waals surface area contributed by atoms with E-state index in [1.807, 2.05) is 0 Å². The average Bonchev–Trinajstić information content (AvgIpc) is 2.02. The van der Waals surface area contributed by atoms with E-state index in [-0.39, 0.29) is 9.45 Å². The van der Waals surface area contributed by atoms with Gasteiger partial charge >= 0.3 is 0 Å². The lowest BCUT2D eigenvalue weighted by Crippen LogP contribution is -2.53. The van der Waals surface area contributed by atoms with Crippen molar-refractivity contribution in [3.05, 3.63) is 0 Å². The van der Waals surface area contributed by atoms with Crippen molar-refractivity contribution in [3.63, 3.8) is 0 Å². The third-order valence-corrected chi connectivity index (χ3v) is 3.19. The Bertz CT molecular complexity index is 207. The van der Waals surface area contributed by atoms with E-state index in [0.717, 1.165) is 26.2 Å². The highest BCUT2D eigenvalue weighted by Crippen LogP contribution is 2.23. The predicted molar refractivity (Wildman–Crippen MR) is 65.3 cm³/mol. The highest BCUT2D eigenvalue weighted by atomic mass is 127. The lowest BCUT2D eigenvalue weighted by molar-refractivity contribution is -0.119. The van der Waals surface area contributed by atoms with Crippen LogP contribution in [0, 0.1) is 0 Å². The first-order chi connectivity index (χ1) is 6.39. The summed E-state index contributed by atoms with van der Waals surface area (Å²) in [5.74, 6) is -0.229. The fourth-order valence-corrected chi connectivity index (χ4v) is 2.14. The molecule has 1 heterocycles. The van der Waals surface area contributed by atoms with Gasteiger partial charge in [0.05, 0.1) is 10.1 Å². The quantitative estimate of drug-likeness (QED) is 0.462. The minimum atomic E-state index is -0.229. The highest BCUT2D eigenvalue weighted by molar-refractivity contribution is 14.1. The first-order valence-corrected chi connectivity index (χ1v) is 5.92. The Balaban J connectivity index is 2.35. The van der Waals surface area contributed by atoms with Crippen LogP contribution in [0.1, 0.15) is 13.8 Å². The molecule has 0 radical (unpaired) electrons. The number of carbonyl (C=O) groups is 1. The lowest BCUT2D eigenvalue weighted by Gasteiger charge is -2.40. The number of nitrogens with two attached hydrogens (primary N) is 1. The van der Waals surface area contributed by atoms with Gasteiger partial charge in [0.1, 0.15) is 0 Å². The maximum atomic E-state index is 10.7. The van der Waals surface area contributed by atoms with Gasteiger partial charge in [-0.25, -0.2) is 0 Å². The zero-order valence-electron chi connectivity index (χ0n) is 8.79. The number of hydrogen-bond acceptors (Lipinski definition) is 3. The molecule has 0 bridgehead atoms. The minimum absolute atomic E-state index is 0.205. The van der Waals surface area contributed by atoms with Crippen LogP contribution in [0.2, 0.25) is 0 Å². The minimum Gasteiger partial charge on any atom is -0.369 e. The summed E-state index contributed by atoms with van der Waals surface area (Å²) in [4.78, 5) is 15.2. The van der Waals surface area contributed by atoms with Gasteiger partial charge in [-0.15, -0.1) is 0 Å². The van der Waals surface area contributed by atoms with Crippen molar-refractivity contribution in [2.24, 2.45) is 5.73 Å². The second-order valence-corrected chi connectivity index (χ2v) is 6.78. The van der Waals surface area contributed by atoms with Gasteiger partial charge in [0.2, 0.25) is 5.91 Å². The summed E-state index contributed by atoms with van der Waals surface area (Å²) < 4.78 is 0.205. The number of halogens is 1. The first-order valence-electron chi connectivity index (χ1n) is 4.84. The number of carbonyl (C=O) groups excluding carboxylic acids is 1. The van der Waals surface area contributed by atoms with Crippen molar-refractivity contribution >= 4 is 28.5 Å². The Morgan fingerprint density at radius 3 is 2.21 bits per heavy atom. The van der Waals surface area contributed by atoms with Crippen molar-refractivity contribution in [3.8, 4) is 0 Å². The van der Waals surface area contributed by atoms with Crippen LogP contribution < -0.4 is 5.73 Å². The Kier molecular flexibility index (Phi) is 4.15. The highest BCUT2D eigenvalue weighted by Gasteiger charge is 2.27.